The molecule has 2 heteroatoms. The van der Waals surface area contributed by atoms with Crippen molar-refractivity contribution in [3.05, 3.63) is 174 Å². The summed E-state index contributed by atoms with van der Waals surface area (Å²) in [6, 6.07) is 55.7. The van der Waals surface area contributed by atoms with E-state index in [-0.39, 0.29) is 10.8 Å². The number of rotatable bonds is 4. The Morgan fingerprint density at radius 1 is 0.400 bits per heavy atom. The van der Waals surface area contributed by atoms with Gasteiger partial charge in [0, 0.05) is 38.5 Å². The van der Waals surface area contributed by atoms with Crippen LogP contribution in [-0.4, -0.2) is 0 Å². The van der Waals surface area contributed by atoms with Gasteiger partial charge in [-0.25, -0.2) is 0 Å². The van der Waals surface area contributed by atoms with E-state index in [1.54, 1.807) is 0 Å². The van der Waals surface area contributed by atoms with E-state index < -0.39 is 0 Å². The molecule has 10 rings (SSSR count). The van der Waals surface area contributed by atoms with E-state index in [4.69, 9.17) is 4.42 Å². The van der Waals surface area contributed by atoms with Gasteiger partial charge in [0.05, 0.1) is 5.69 Å². The Hall–Kier alpha value is -5.86. The Morgan fingerprint density at radius 2 is 0.960 bits per heavy atom. The van der Waals surface area contributed by atoms with Gasteiger partial charge in [0.1, 0.15) is 11.2 Å². The number of furan rings is 1. The van der Waals surface area contributed by atoms with Crippen LogP contribution < -0.4 is 4.90 Å². The number of para-hydroxylation sites is 2. The smallest absolute Gasteiger partial charge is 0.136 e. The molecule has 2 nitrogen and oxygen atoms in total. The van der Waals surface area contributed by atoms with Gasteiger partial charge in [-0.15, -0.1) is 0 Å². The molecule has 0 fully saturated rings. The summed E-state index contributed by atoms with van der Waals surface area (Å²) < 4.78 is 6.38. The standard InChI is InChI=1S/C48H37NO/c1-47(2)41-18-10-6-15-35(41)39-28-31(23-26-42(39)47)49(32-22-25-36-34-14-5-9-17-40(34)48(3,4)43(36)29-32)44-19-11-7-13-33(44)30-21-24-38-37-16-8-12-20-45(37)50-46(38)27-30/h5-29H,1-4H3. The van der Waals surface area contributed by atoms with Gasteiger partial charge in [0.25, 0.3) is 0 Å². The first-order valence-corrected chi connectivity index (χ1v) is 17.6. The summed E-state index contributed by atoms with van der Waals surface area (Å²) in [6.45, 7) is 9.41. The molecule has 0 spiro atoms. The summed E-state index contributed by atoms with van der Waals surface area (Å²) in [5.74, 6) is 0. The molecule has 1 heterocycles. The zero-order valence-electron chi connectivity index (χ0n) is 28.8. The Kier molecular flexibility index (Phi) is 6.01. The SMILES string of the molecule is CC1(C)c2ccccc2-c2cc(N(c3ccc4c(c3)C(C)(C)c3ccccc3-4)c3ccccc3-c3ccc4c(c3)oc3ccccc34)ccc21. The maximum atomic E-state index is 6.38. The molecule has 2 aliphatic carbocycles. The molecule has 8 aromatic rings. The van der Waals surface area contributed by atoms with Gasteiger partial charge in [0.2, 0.25) is 0 Å². The van der Waals surface area contributed by atoms with Gasteiger partial charge >= 0.3 is 0 Å². The first-order valence-electron chi connectivity index (χ1n) is 17.6. The fourth-order valence-electron chi connectivity index (χ4n) is 8.91. The largest absolute Gasteiger partial charge is 0.456 e. The van der Waals surface area contributed by atoms with E-state index in [1.165, 1.54) is 44.5 Å². The van der Waals surface area contributed by atoms with E-state index >= 15 is 0 Å². The zero-order valence-corrected chi connectivity index (χ0v) is 28.8. The second kappa shape index (κ2) is 10.3. The number of hydrogen-bond donors (Lipinski definition) is 0. The second-order valence-corrected chi connectivity index (χ2v) is 15.0. The molecule has 0 unspecified atom stereocenters. The fraction of sp³-hybridized carbons (Fsp3) is 0.125. The summed E-state index contributed by atoms with van der Waals surface area (Å²) >= 11 is 0. The minimum Gasteiger partial charge on any atom is -0.456 e. The van der Waals surface area contributed by atoms with Crippen molar-refractivity contribution in [3.8, 4) is 33.4 Å². The molecular formula is C48H37NO. The Bertz CT molecular complexity index is 2670. The minimum atomic E-state index is -0.111. The second-order valence-electron chi connectivity index (χ2n) is 15.0. The van der Waals surface area contributed by atoms with E-state index in [1.807, 2.05) is 12.1 Å². The van der Waals surface area contributed by atoms with Crippen molar-refractivity contribution in [3.63, 3.8) is 0 Å². The highest BCUT2D eigenvalue weighted by Gasteiger charge is 2.37. The summed E-state index contributed by atoms with van der Waals surface area (Å²) in [4.78, 5) is 2.46. The van der Waals surface area contributed by atoms with Gasteiger partial charge in [0.15, 0.2) is 0 Å². The van der Waals surface area contributed by atoms with Crippen molar-refractivity contribution < 1.29 is 4.42 Å². The number of anilines is 3. The van der Waals surface area contributed by atoms with Crippen LogP contribution in [0.15, 0.2) is 156 Å². The van der Waals surface area contributed by atoms with Gasteiger partial charge in [-0.05, 0) is 98.6 Å². The summed E-state index contributed by atoms with van der Waals surface area (Å²) in [7, 11) is 0. The first-order chi connectivity index (χ1) is 24.3. The molecule has 7 aromatic carbocycles. The third kappa shape index (κ3) is 4.02. The van der Waals surface area contributed by atoms with Crippen LogP contribution in [0.2, 0.25) is 0 Å². The Labute approximate surface area is 293 Å². The maximum Gasteiger partial charge on any atom is 0.136 e. The first kappa shape index (κ1) is 29.1. The van der Waals surface area contributed by atoms with E-state index in [2.05, 4.69) is 172 Å². The van der Waals surface area contributed by atoms with E-state index in [9.17, 15) is 0 Å². The number of nitrogens with zero attached hydrogens (tertiary/aromatic N) is 1. The van der Waals surface area contributed by atoms with Gasteiger partial charge in [-0.2, -0.15) is 0 Å². The summed E-state index contributed by atoms with van der Waals surface area (Å²) in [5.41, 5.74) is 18.1. The predicted octanol–water partition coefficient (Wildman–Crippen LogP) is 13.3. The topological polar surface area (TPSA) is 16.4 Å². The van der Waals surface area contributed by atoms with Crippen LogP contribution in [0.5, 0.6) is 0 Å². The predicted molar refractivity (Wildman–Crippen MR) is 209 cm³/mol. The number of hydrogen-bond acceptors (Lipinski definition) is 2. The lowest BCUT2D eigenvalue weighted by molar-refractivity contribution is 0.660. The highest BCUT2D eigenvalue weighted by molar-refractivity contribution is 6.06. The molecule has 240 valence electrons. The van der Waals surface area contributed by atoms with Crippen LogP contribution in [0.25, 0.3) is 55.3 Å². The molecule has 0 aliphatic heterocycles. The van der Waals surface area contributed by atoms with Crippen LogP contribution in [-0.2, 0) is 10.8 Å². The highest BCUT2D eigenvalue weighted by atomic mass is 16.3. The molecule has 2 aliphatic rings. The van der Waals surface area contributed by atoms with Crippen LogP contribution in [0, 0.1) is 0 Å². The van der Waals surface area contributed by atoms with E-state index in [0.717, 1.165) is 50.1 Å². The average molecular weight is 644 g/mol. The van der Waals surface area contributed by atoms with Gasteiger partial charge in [-0.3, -0.25) is 0 Å². The van der Waals surface area contributed by atoms with Gasteiger partial charge in [-0.1, -0.05) is 131 Å². The van der Waals surface area contributed by atoms with Crippen molar-refractivity contribution in [1.29, 1.82) is 0 Å². The Morgan fingerprint density at radius 3 is 1.76 bits per heavy atom. The van der Waals surface area contributed by atoms with Crippen LogP contribution in [0.4, 0.5) is 17.1 Å². The molecule has 0 bridgehead atoms. The molecule has 1 aromatic heterocycles. The molecule has 0 amide bonds. The highest BCUT2D eigenvalue weighted by Crippen LogP contribution is 2.53. The van der Waals surface area contributed by atoms with Crippen molar-refractivity contribution in [2.45, 2.75) is 38.5 Å². The fourth-order valence-corrected chi connectivity index (χ4v) is 8.91. The number of fused-ring (bicyclic) bond motifs is 9. The molecule has 0 N–H and O–H groups in total. The lowest BCUT2D eigenvalue weighted by Gasteiger charge is -2.30. The molecule has 50 heavy (non-hydrogen) atoms. The van der Waals surface area contributed by atoms with E-state index in [0.29, 0.717) is 0 Å². The zero-order chi connectivity index (χ0) is 33.8. The summed E-state index contributed by atoms with van der Waals surface area (Å²) in [6.07, 6.45) is 0. The van der Waals surface area contributed by atoms with Crippen molar-refractivity contribution in [2.75, 3.05) is 4.90 Å². The van der Waals surface area contributed by atoms with Crippen LogP contribution in [0.3, 0.4) is 0 Å². The minimum absolute atomic E-state index is 0.0570. The third-order valence-corrected chi connectivity index (χ3v) is 11.5. The molecule has 0 atom stereocenters. The molecule has 0 radical (unpaired) electrons. The van der Waals surface area contributed by atoms with Crippen molar-refractivity contribution >= 4 is 39.0 Å². The normalized spacial score (nSPS) is 14.7. The molecule has 0 saturated carbocycles. The average Bonchev–Trinajstić information content (AvgIpc) is 3.71. The number of benzene rings is 7. The van der Waals surface area contributed by atoms with Crippen molar-refractivity contribution in [1.82, 2.24) is 0 Å². The van der Waals surface area contributed by atoms with Crippen LogP contribution in [0.1, 0.15) is 49.9 Å². The maximum absolute atomic E-state index is 6.38. The Balaban J connectivity index is 1.20. The summed E-state index contributed by atoms with van der Waals surface area (Å²) in [5, 5.41) is 2.28. The van der Waals surface area contributed by atoms with Crippen molar-refractivity contribution in [2.24, 2.45) is 0 Å². The third-order valence-electron chi connectivity index (χ3n) is 11.5. The van der Waals surface area contributed by atoms with Crippen LogP contribution >= 0.6 is 0 Å². The molecular weight excluding hydrogens is 607 g/mol. The monoisotopic (exact) mass is 643 g/mol. The lowest BCUT2D eigenvalue weighted by atomic mass is 9.82. The molecule has 0 saturated heterocycles. The van der Waals surface area contributed by atoms with Gasteiger partial charge < -0.3 is 9.32 Å². The lowest BCUT2D eigenvalue weighted by Crippen LogP contribution is -2.17. The quantitative estimate of drug-likeness (QED) is 0.190.